The quantitative estimate of drug-likeness (QED) is 0.316. The Morgan fingerprint density at radius 1 is 1.19 bits per heavy atom. The van der Waals surface area contributed by atoms with Gasteiger partial charge < -0.3 is 20.1 Å². The molecule has 1 aliphatic heterocycles. The first-order chi connectivity index (χ1) is 17.3. The van der Waals surface area contributed by atoms with Crippen LogP contribution in [0.25, 0.3) is 6.08 Å². The zero-order chi connectivity index (χ0) is 25.7. The molecule has 0 unspecified atom stereocenters. The van der Waals surface area contributed by atoms with Gasteiger partial charge in [-0.2, -0.15) is 0 Å². The first kappa shape index (κ1) is 25.8. The minimum atomic E-state index is -0.304. The van der Waals surface area contributed by atoms with Crippen molar-refractivity contribution in [3.63, 3.8) is 0 Å². The predicted octanol–water partition coefficient (Wildman–Crippen LogP) is 6.33. The SMILES string of the molecule is COc1cc(/C=C2/SC(=Nc3cccc(Cl)c3C)NC2=O)cc(Br)c1OCC(=O)Nc1ccccc1. The molecule has 0 spiro atoms. The molecule has 10 heteroatoms. The molecule has 0 aromatic heterocycles. The van der Waals surface area contributed by atoms with Crippen LogP contribution >= 0.6 is 39.3 Å². The average Bonchev–Trinajstić information content (AvgIpc) is 3.20. The van der Waals surface area contributed by atoms with Crippen molar-refractivity contribution in [1.29, 1.82) is 0 Å². The van der Waals surface area contributed by atoms with Crippen molar-refractivity contribution in [3.8, 4) is 11.5 Å². The van der Waals surface area contributed by atoms with Crippen molar-refractivity contribution in [3.05, 3.63) is 86.2 Å². The fourth-order valence-electron chi connectivity index (χ4n) is 3.28. The Morgan fingerprint density at radius 3 is 2.72 bits per heavy atom. The lowest BCUT2D eigenvalue weighted by molar-refractivity contribution is -0.118. The maximum atomic E-state index is 12.5. The van der Waals surface area contributed by atoms with Gasteiger partial charge in [0.25, 0.3) is 11.8 Å². The van der Waals surface area contributed by atoms with E-state index in [1.165, 1.54) is 18.9 Å². The van der Waals surface area contributed by atoms with Gasteiger partial charge in [-0.1, -0.05) is 35.9 Å². The zero-order valence-corrected chi connectivity index (χ0v) is 22.5. The van der Waals surface area contributed by atoms with Crippen LogP contribution in [0.3, 0.4) is 0 Å². The minimum absolute atomic E-state index is 0.203. The van der Waals surface area contributed by atoms with E-state index in [-0.39, 0.29) is 18.4 Å². The van der Waals surface area contributed by atoms with E-state index < -0.39 is 0 Å². The molecule has 4 rings (SSSR count). The Balaban J connectivity index is 1.49. The van der Waals surface area contributed by atoms with Crippen LogP contribution in [0.4, 0.5) is 11.4 Å². The van der Waals surface area contributed by atoms with Gasteiger partial charge in [0.1, 0.15) is 0 Å². The minimum Gasteiger partial charge on any atom is -0.493 e. The topological polar surface area (TPSA) is 89.0 Å². The number of ether oxygens (including phenoxy) is 2. The lowest BCUT2D eigenvalue weighted by Gasteiger charge is -2.13. The van der Waals surface area contributed by atoms with Crippen LogP contribution < -0.4 is 20.1 Å². The predicted molar refractivity (Wildman–Crippen MR) is 148 cm³/mol. The molecule has 3 aromatic rings. The van der Waals surface area contributed by atoms with E-state index in [4.69, 9.17) is 21.1 Å². The Bertz CT molecular complexity index is 1380. The number of methoxy groups -OCH3 is 1. The second kappa shape index (κ2) is 11.6. The third-order valence-corrected chi connectivity index (χ3v) is 6.98. The highest BCUT2D eigenvalue weighted by molar-refractivity contribution is 9.10. The van der Waals surface area contributed by atoms with E-state index in [2.05, 4.69) is 31.6 Å². The summed E-state index contributed by atoms with van der Waals surface area (Å²) < 4.78 is 11.8. The molecule has 1 heterocycles. The van der Waals surface area contributed by atoms with E-state index in [0.717, 1.165) is 5.56 Å². The van der Waals surface area contributed by atoms with Crippen molar-refractivity contribution in [1.82, 2.24) is 5.32 Å². The van der Waals surface area contributed by atoms with Gasteiger partial charge >= 0.3 is 0 Å². The summed E-state index contributed by atoms with van der Waals surface area (Å²) in [5.74, 6) is 0.231. The van der Waals surface area contributed by atoms with Crippen LogP contribution in [0.5, 0.6) is 11.5 Å². The van der Waals surface area contributed by atoms with Crippen molar-refractivity contribution in [2.45, 2.75) is 6.92 Å². The number of hydrogen-bond acceptors (Lipinski definition) is 6. The summed E-state index contributed by atoms with van der Waals surface area (Å²) in [6, 6.07) is 18.1. The second-order valence-corrected chi connectivity index (χ2v) is 9.89. The Kier molecular flexibility index (Phi) is 8.35. The number of hydrogen-bond donors (Lipinski definition) is 2. The monoisotopic (exact) mass is 585 g/mol. The summed E-state index contributed by atoms with van der Waals surface area (Å²) in [5, 5.41) is 6.62. The van der Waals surface area contributed by atoms with Gasteiger partial charge in [-0.3, -0.25) is 9.59 Å². The van der Waals surface area contributed by atoms with Gasteiger partial charge in [-0.15, -0.1) is 0 Å². The van der Waals surface area contributed by atoms with E-state index in [1.807, 2.05) is 37.3 Å². The van der Waals surface area contributed by atoms with Gasteiger partial charge in [-0.25, -0.2) is 4.99 Å². The summed E-state index contributed by atoms with van der Waals surface area (Å²) >= 11 is 10.9. The highest BCUT2D eigenvalue weighted by Crippen LogP contribution is 2.38. The lowest BCUT2D eigenvalue weighted by Crippen LogP contribution is -2.20. The van der Waals surface area contributed by atoms with Crippen LogP contribution in [-0.2, 0) is 9.59 Å². The molecule has 3 aromatic carbocycles. The normalized spacial score (nSPS) is 15.2. The summed E-state index contributed by atoms with van der Waals surface area (Å²) in [5.41, 5.74) is 2.91. The number of carbonyl (C=O) groups excluding carboxylic acids is 2. The van der Waals surface area contributed by atoms with Gasteiger partial charge in [-0.05, 0) is 88.2 Å². The number of amidine groups is 1. The van der Waals surface area contributed by atoms with Gasteiger partial charge in [0, 0.05) is 10.7 Å². The summed E-state index contributed by atoms with van der Waals surface area (Å²) in [4.78, 5) is 29.8. The van der Waals surface area contributed by atoms with Crippen LogP contribution in [0.1, 0.15) is 11.1 Å². The first-order valence-corrected chi connectivity index (χ1v) is 12.7. The molecular weight excluding hydrogens is 566 g/mol. The fourth-order valence-corrected chi connectivity index (χ4v) is 4.86. The lowest BCUT2D eigenvalue weighted by atomic mass is 10.2. The number of benzene rings is 3. The van der Waals surface area contributed by atoms with Crippen LogP contribution in [-0.4, -0.2) is 30.7 Å². The van der Waals surface area contributed by atoms with Crippen molar-refractivity contribution in [2.24, 2.45) is 4.99 Å². The largest absolute Gasteiger partial charge is 0.493 e. The highest BCUT2D eigenvalue weighted by Gasteiger charge is 2.24. The van der Waals surface area contributed by atoms with Gasteiger partial charge in [0.2, 0.25) is 0 Å². The summed E-state index contributed by atoms with van der Waals surface area (Å²) in [6.45, 7) is 1.67. The van der Waals surface area contributed by atoms with Crippen molar-refractivity contribution >= 4 is 73.7 Å². The summed E-state index contributed by atoms with van der Waals surface area (Å²) in [6.07, 6.45) is 1.73. The number of carbonyl (C=O) groups is 2. The highest BCUT2D eigenvalue weighted by atomic mass is 79.9. The molecule has 2 N–H and O–H groups in total. The fraction of sp³-hybridized carbons (Fsp3) is 0.115. The molecule has 0 saturated carbocycles. The van der Waals surface area contributed by atoms with E-state index in [0.29, 0.717) is 48.0 Å². The molecule has 1 aliphatic rings. The molecule has 0 radical (unpaired) electrons. The van der Waals surface area contributed by atoms with Crippen LogP contribution in [0.15, 0.2) is 75.0 Å². The number of amides is 2. The third kappa shape index (κ3) is 6.29. The van der Waals surface area contributed by atoms with Crippen LogP contribution in [0.2, 0.25) is 5.02 Å². The van der Waals surface area contributed by atoms with Crippen molar-refractivity contribution < 1.29 is 19.1 Å². The number of nitrogens with zero attached hydrogens (tertiary/aromatic N) is 1. The zero-order valence-electron chi connectivity index (χ0n) is 19.3. The smallest absolute Gasteiger partial charge is 0.264 e. The maximum Gasteiger partial charge on any atom is 0.264 e. The third-order valence-electron chi connectivity index (χ3n) is 5.07. The molecular formula is C26H21BrClN3O4S. The Labute approximate surface area is 226 Å². The van der Waals surface area contributed by atoms with E-state index in [1.54, 1.807) is 36.4 Å². The molecule has 1 fully saturated rings. The number of nitrogens with one attached hydrogen (secondary N) is 2. The van der Waals surface area contributed by atoms with Crippen molar-refractivity contribution in [2.75, 3.05) is 19.0 Å². The molecule has 0 bridgehead atoms. The number of thioether (sulfide) groups is 1. The number of halogens is 2. The number of para-hydroxylation sites is 1. The Morgan fingerprint density at radius 2 is 1.97 bits per heavy atom. The first-order valence-electron chi connectivity index (χ1n) is 10.7. The Hall–Kier alpha value is -3.27. The average molecular weight is 587 g/mol. The molecule has 36 heavy (non-hydrogen) atoms. The standard InChI is InChI=1S/C26H21BrClN3O4S/c1-15-19(28)9-6-10-20(15)30-26-31-25(33)22(36-26)13-16-11-18(27)24(21(12-16)34-2)35-14-23(32)29-17-7-4-3-5-8-17/h3-13H,14H2,1-2H3,(H,29,32)(H,30,31,33)/b22-13+. The second-order valence-electron chi connectivity index (χ2n) is 7.60. The molecule has 184 valence electrons. The van der Waals surface area contributed by atoms with Gasteiger partial charge in [0.15, 0.2) is 23.3 Å². The molecule has 0 atom stereocenters. The number of rotatable bonds is 7. The molecule has 7 nitrogen and oxygen atoms in total. The maximum absolute atomic E-state index is 12.5. The number of anilines is 1. The van der Waals surface area contributed by atoms with Gasteiger partial charge in [0.05, 0.1) is 22.2 Å². The van der Waals surface area contributed by atoms with E-state index >= 15 is 0 Å². The molecule has 2 amide bonds. The summed E-state index contributed by atoms with van der Waals surface area (Å²) in [7, 11) is 1.50. The van der Waals surface area contributed by atoms with E-state index in [9.17, 15) is 9.59 Å². The molecule has 0 aliphatic carbocycles. The molecule has 1 saturated heterocycles. The van der Waals surface area contributed by atoms with Crippen LogP contribution in [0, 0.1) is 6.92 Å². The number of aliphatic imine (C=N–C) groups is 1.